The van der Waals surface area contributed by atoms with Gasteiger partial charge in [-0.2, -0.15) is 0 Å². The Morgan fingerprint density at radius 1 is 1.17 bits per heavy atom. The summed E-state index contributed by atoms with van der Waals surface area (Å²) in [5.41, 5.74) is 0.244. The van der Waals surface area contributed by atoms with E-state index in [1.807, 2.05) is 0 Å². The lowest BCUT2D eigenvalue weighted by Gasteiger charge is -2.26. The van der Waals surface area contributed by atoms with Crippen molar-refractivity contribution in [2.24, 2.45) is 0 Å². The average molecular weight is 382 g/mol. The van der Waals surface area contributed by atoms with E-state index in [0.29, 0.717) is 0 Å². The molecule has 0 aliphatic carbocycles. The fraction of sp³-hybridized carbons (Fsp3) is 0.286. The van der Waals surface area contributed by atoms with Gasteiger partial charge in [0.15, 0.2) is 0 Å². The topological polar surface area (TPSA) is 66.4 Å². The third-order valence-corrected chi connectivity index (χ3v) is 6.42. The van der Waals surface area contributed by atoms with Gasteiger partial charge >= 0.3 is 0 Å². The van der Waals surface area contributed by atoms with Crippen LogP contribution in [-0.2, 0) is 10.0 Å². The minimum atomic E-state index is -4.05. The van der Waals surface area contributed by atoms with Crippen molar-refractivity contribution in [2.45, 2.75) is 22.6 Å². The summed E-state index contributed by atoms with van der Waals surface area (Å²) in [6.45, 7) is -0.762. The number of thiophene rings is 1. The van der Waals surface area contributed by atoms with Crippen molar-refractivity contribution in [2.75, 3.05) is 6.61 Å². The number of halogens is 3. The molecule has 0 saturated heterocycles. The van der Waals surface area contributed by atoms with Gasteiger partial charge in [0.25, 0.3) is 0 Å². The smallest absolute Gasteiger partial charge is 0.250 e. The fourth-order valence-corrected chi connectivity index (χ4v) is 4.90. The lowest BCUT2D eigenvalue weighted by atomic mass is 9.93. The summed E-state index contributed by atoms with van der Waals surface area (Å²) in [6.07, 6.45) is -2.84. The molecule has 23 heavy (non-hydrogen) atoms. The van der Waals surface area contributed by atoms with Crippen molar-refractivity contribution in [3.05, 3.63) is 52.4 Å². The standard InChI is InChI=1S/C14H14ClF2NO3S2/c15-11-6-7-12(22-11)23(20,21)18-10(8-19)13(14(16)17)9-4-2-1-3-5-9/h1-7,10,13-14,18-19H,8H2/t10-,13-/m0/s1. The van der Waals surface area contributed by atoms with E-state index in [4.69, 9.17) is 11.6 Å². The van der Waals surface area contributed by atoms with Gasteiger partial charge in [-0.3, -0.25) is 0 Å². The molecule has 0 amide bonds. The predicted molar refractivity (Wildman–Crippen MR) is 85.7 cm³/mol. The van der Waals surface area contributed by atoms with Crippen molar-refractivity contribution in [3.63, 3.8) is 0 Å². The highest BCUT2D eigenvalue weighted by molar-refractivity contribution is 7.91. The number of aliphatic hydroxyl groups excluding tert-OH is 1. The number of nitrogens with one attached hydrogen (secondary N) is 1. The number of hydrogen-bond acceptors (Lipinski definition) is 4. The maximum absolute atomic E-state index is 13.4. The Bertz CT molecular complexity index is 737. The van der Waals surface area contributed by atoms with E-state index in [-0.39, 0.29) is 14.1 Å². The van der Waals surface area contributed by atoms with Crippen LogP contribution in [0.3, 0.4) is 0 Å². The number of aliphatic hydroxyl groups is 1. The first kappa shape index (κ1) is 18.3. The van der Waals surface area contributed by atoms with Crippen LogP contribution < -0.4 is 4.72 Å². The van der Waals surface area contributed by atoms with Crippen LogP contribution in [0.4, 0.5) is 8.78 Å². The van der Waals surface area contributed by atoms with Crippen LogP contribution >= 0.6 is 22.9 Å². The van der Waals surface area contributed by atoms with Crippen LogP contribution in [0.2, 0.25) is 4.34 Å². The minimum absolute atomic E-state index is 0.0953. The predicted octanol–water partition coefficient (Wildman–Crippen LogP) is 3.09. The molecule has 2 aromatic rings. The van der Waals surface area contributed by atoms with E-state index in [0.717, 1.165) is 11.3 Å². The van der Waals surface area contributed by atoms with Gasteiger partial charge in [-0.25, -0.2) is 21.9 Å². The van der Waals surface area contributed by atoms with Gasteiger partial charge in [-0.1, -0.05) is 41.9 Å². The first-order chi connectivity index (χ1) is 10.8. The normalized spacial score (nSPS) is 14.8. The quantitative estimate of drug-likeness (QED) is 0.774. The number of rotatable bonds is 7. The Morgan fingerprint density at radius 2 is 1.83 bits per heavy atom. The molecule has 9 heteroatoms. The van der Waals surface area contributed by atoms with Crippen molar-refractivity contribution in [3.8, 4) is 0 Å². The Kier molecular flexibility index (Phi) is 6.10. The molecule has 1 aromatic carbocycles. The van der Waals surface area contributed by atoms with E-state index in [2.05, 4.69) is 4.72 Å². The average Bonchev–Trinajstić information content (AvgIpc) is 2.94. The lowest BCUT2D eigenvalue weighted by Crippen LogP contribution is -2.43. The van der Waals surface area contributed by atoms with E-state index in [1.165, 1.54) is 24.3 Å². The summed E-state index contributed by atoms with van der Waals surface area (Å²) < 4.78 is 53.7. The molecule has 0 saturated carbocycles. The SMILES string of the molecule is O=S(=O)(N[C@@H](CO)[C@H](c1ccccc1)C(F)F)c1ccc(Cl)s1. The van der Waals surface area contributed by atoms with E-state index < -0.39 is 35.0 Å². The molecule has 2 N–H and O–H groups in total. The van der Waals surface area contributed by atoms with Gasteiger partial charge in [0, 0.05) is 0 Å². The molecule has 0 radical (unpaired) electrons. The fourth-order valence-electron chi connectivity index (χ4n) is 2.15. The van der Waals surface area contributed by atoms with Crippen LogP contribution in [0, 0.1) is 0 Å². The van der Waals surface area contributed by atoms with Gasteiger partial charge in [0.1, 0.15) is 4.21 Å². The minimum Gasteiger partial charge on any atom is -0.395 e. The lowest BCUT2D eigenvalue weighted by molar-refractivity contribution is 0.0837. The number of alkyl halides is 2. The maximum atomic E-state index is 13.4. The van der Waals surface area contributed by atoms with E-state index in [9.17, 15) is 22.3 Å². The molecule has 0 aliphatic heterocycles. The summed E-state index contributed by atoms with van der Waals surface area (Å²) in [7, 11) is -4.05. The van der Waals surface area contributed by atoms with Crippen LogP contribution in [0.1, 0.15) is 11.5 Å². The molecule has 1 heterocycles. The summed E-state index contributed by atoms with van der Waals surface area (Å²) in [4.78, 5) is 0. The van der Waals surface area contributed by atoms with Gasteiger partial charge < -0.3 is 5.11 Å². The molecule has 2 rings (SSSR count). The largest absolute Gasteiger partial charge is 0.395 e. The Balaban J connectivity index is 2.30. The second-order valence-electron chi connectivity index (χ2n) is 4.74. The molecule has 0 unspecified atom stereocenters. The molecular formula is C14H14ClF2NO3S2. The van der Waals surface area contributed by atoms with E-state index >= 15 is 0 Å². The van der Waals surface area contributed by atoms with Crippen molar-refractivity contribution < 1.29 is 22.3 Å². The molecule has 0 aliphatic rings. The Morgan fingerprint density at radius 3 is 2.30 bits per heavy atom. The molecule has 0 spiro atoms. The highest BCUT2D eigenvalue weighted by Crippen LogP contribution is 2.30. The molecular weight excluding hydrogens is 368 g/mol. The third kappa shape index (κ3) is 4.48. The first-order valence-corrected chi connectivity index (χ1v) is 9.24. The molecule has 0 fully saturated rings. The van der Waals surface area contributed by atoms with Crippen LogP contribution in [0.25, 0.3) is 0 Å². The van der Waals surface area contributed by atoms with Crippen molar-refractivity contribution in [1.82, 2.24) is 4.72 Å². The highest BCUT2D eigenvalue weighted by atomic mass is 35.5. The monoisotopic (exact) mass is 381 g/mol. The summed E-state index contributed by atoms with van der Waals surface area (Å²) in [6, 6.07) is 9.08. The zero-order chi connectivity index (χ0) is 17.0. The van der Waals surface area contributed by atoms with Gasteiger partial charge in [-0.15, -0.1) is 11.3 Å². The van der Waals surface area contributed by atoms with Crippen molar-refractivity contribution in [1.29, 1.82) is 0 Å². The molecule has 4 nitrogen and oxygen atoms in total. The molecule has 1 aromatic heterocycles. The maximum Gasteiger partial charge on any atom is 0.250 e. The zero-order valence-electron chi connectivity index (χ0n) is 11.7. The summed E-state index contributed by atoms with van der Waals surface area (Å²) >= 11 is 6.51. The van der Waals surface area contributed by atoms with Gasteiger partial charge in [0.05, 0.1) is 22.9 Å². The summed E-state index contributed by atoms with van der Waals surface area (Å²) in [5.74, 6) is -1.47. The van der Waals surface area contributed by atoms with Crippen LogP contribution in [0.15, 0.2) is 46.7 Å². The van der Waals surface area contributed by atoms with Gasteiger partial charge in [-0.05, 0) is 17.7 Å². The number of hydrogen-bond donors (Lipinski definition) is 2. The summed E-state index contributed by atoms with van der Waals surface area (Å²) in [5, 5.41) is 9.44. The third-order valence-electron chi connectivity index (χ3n) is 3.21. The molecule has 126 valence electrons. The number of sulfonamides is 1. The molecule has 2 atom stereocenters. The van der Waals surface area contributed by atoms with Crippen molar-refractivity contribution >= 4 is 33.0 Å². The highest BCUT2D eigenvalue weighted by Gasteiger charge is 2.34. The second-order valence-corrected chi connectivity index (χ2v) is 8.40. The first-order valence-electron chi connectivity index (χ1n) is 6.57. The van der Waals surface area contributed by atoms with Crippen LogP contribution in [0.5, 0.6) is 0 Å². The van der Waals surface area contributed by atoms with Crippen LogP contribution in [-0.4, -0.2) is 32.6 Å². The Hall–Kier alpha value is -1.06. The van der Waals surface area contributed by atoms with Gasteiger partial charge in [0.2, 0.25) is 16.4 Å². The number of benzene rings is 1. The Labute approximate surface area is 141 Å². The molecule has 0 bridgehead atoms. The second kappa shape index (κ2) is 7.67. The zero-order valence-corrected chi connectivity index (χ0v) is 14.1. The van der Waals surface area contributed by atoms with E-state index in [1.54, 1.807) is 18.2 Å².